The highest BCUT2D eigenvalue weighted by atomic mass is 16.5. The molecule has 2 aliphatic rings. The fraction of sp³-hybridized carbons (Fsp3) is 0.474. The number of aromatic nitrogens is 2. The van der Waals surface area contributed by atoms with Crippen LogP contribution >= 0.6 is 0 Å². The molecule has 0 amide bonds. The van der Waals surface area contributed by atoms with E-state index in [1.807, 2.05) is 6.92 Å². The molecule has 0 atom stereocenters. The zero-order chi connectivity index (χ0) is 17.2. The van der Waals surface area contributed by atoms with Crippen molar-refractivity contribution in [2.45, 2.75) is 26.4 Å². The minimum absolute atomic E-state index is 0.00913. The average Bonchev–Trinajstić information content (AvgIpc) is 2.63. The Balaban J connectivity index is 1.43. The second-order valence-electron chi connectivity index (χ2n) is 6.80. The number of hydrogen-bond acceptors (Lipinski definition) is 5. The van der Waals surface area contributed by atoms with E-state index in [0.29, 0.717) is 12.4 Å². The molecule has 0 aliphatic carbocycles. The topological polar surface area (TPSA) is 61.5 Å². The minimum atomic E-state index is 0.00913. The predicted octanol–water partition coefficient (Wildman–Crippen LogP) is 1.47. The molecule has 1 aromatic heterocycles. The lowest BCUT2D eigenvalue weighted by atomic mass is 10.1. The molecule has 0 spiro atoms. The molecule has 1 aromatic carbocycles. The summed E-state index contributed by atoms with van der Waals surface area (Å²) < 4.78 is 5.41. The zero-order valence-electron chi connectivity index (χ0n) is 14.6. The largest absolute Gasteiger partial charge is 0.378 e. The Morgan fingerprint density at radius 1 is 1.16 bits per heavy atom. The van der Waals surface area contributed by atoms with Crippen LogP contribution in [-0.4, -0.2) is 47.7 Å². The van der Waals surface area contributed by atoms with Gasteiger partial charge in [-0.25, -0.2) is 4.98 Å². The Labute approximate surface area is 147 Å². The van der Waals surface area contributed by atoms with E-state index in [0.717, 1.165) is 57.1 Å². The van der Waals surface area contributed by atoms with Crippen LogP contribution in [0, 0.1) is 6.92 Å². The van der Waals surface area contributed by atoms with Gasteiger partial charge in [0.25, 0.3) is 5.56 Å². The van der Waals surface area contributed by atoms with Gasteiger partial charge in [-0.05, 0) is 24.6 Å². The second kappa shape index (κ2) is 6.98. The van der Waals surface area contributed by atoms with E-state index in [2.05, 4.69) is 44.0 Å². The van der Waals surface area contributed by atoms with Gasteiger partial charge in [-0.1, -0.05) is 12.1 Å². The Kier molecular flexibility index (Phi) is 4.55. The monoisotopic (exact) mass is 340 g/mol. The molecule has 2 aliphatic heterocycles. The first-order chi connectivity index (χ1) is 12.2. The lowest BCUT2D eigenvalue weighted by Crippen LogP contribution is -2.36. The predicted molar refractivity (Wildman–Crippen MR) is 96.9 cm³/mol. The summed E-state index contributed by atoms with van der Waals surface area (Å²) in [7, 11) is 0. The number of fused-ring (bicyclic) bond motifs is 1. The summed E-state index contributed by atoms with van der Waals surface area (Å²) in [6.07, 6.45) is 0.839. The maximum atomic E-state index is 12.2. The van der Waals surface area contributed by atoms with Gasteiger partial charge in [0.1, 0.15) is 5.82 Å². The lowest BCUT2D eigenvalue weighted by Gasteiger charge is -2.30. The first-order valence-corrected chi connectivity index (χ1v) is 8.92. The number of aryl methyl sites for hydroxylation is 1. The zero-order valence-corrected chi connectivity index (χ0v) is 14.6. The second-order valence-corrected chi connectivity index (χ2v) is 6.80. The van der Waals surface area contributed by atoms with E-state index in [4.69, 9.17) is 4.74 Å². The molecule has 1 saturated heterocycles. The molecular formula is C19H24N4O2. The number of ether oxygens (including phenoxy) is 1. The van der Waals surface area contributed by atoms with Gasteiger partial charge in [0.15, 0.2) is 0 Å². The van der Waals surface area contributed by atoms with Crippen LogP contribution in [-0.2, 0) is 24.2 Å². The van der Waals surface area contributed by atoms with Crippen molar-refractivity contribution in [3.8, 4) is 0 Å². The highest BCUT2D eigenvalue weighted by molar-refractivity contribution is 5.47. The Bertz CT molecular complexity index is 794. The molecule has 0 radical (unpaired) electrons. The van der Waals surface area contributed by atoms with Gasteiger partial charge in [-0.3, -0.25) is 9.69 Å². The van der Waals surface area contributed by atoms with Gasteiger partial charge in [-0.2, -0.15) is 0 Å². The Morgan fingerprint density at radius 2 is 1.92 bits per heavy atom. The van der Waals surface area contributed by atoms with Crippen molar-refractivity contribution < 1.29 is 4.74 Å². The van der Waals surface area contributed by atoms with Crippen LogP contribution in [0.25, 0.3) is 0 Å². The number of nitrogens with one attached hydrogen (secondary N) is 1. The number of hydrogen-bond donors (Lipinski definition) is 1. The summed E-state index contributed by atoms with van der Waals surface area (Å²) in [5.74, 6) is 0.705. The fourth-order valence-electron chi connectivity index (χ4n) is 3.63. The van der Waals surface area contributed by atoms with Gasteiger partial charge >= 0.3 is 0 Å². The number of benzene rings is 1. The Hall–Kier alpha value is -2.18. The highest BCUT2D eigenvalue weighted by Gasteiger charge is 2.20. The lowest BCUT2D eigenvalue weighted by molar-refractivity contribution is 0.122. The number of morpholine rings is 1. The van der Waals surface area contributed by atoms with Crippen LogP contribution in [0.5, 0.6) is 0 Å². The third-order valence-corrected chi connectivity index (χ3v) is 4.98. The van der Waals surface area contributed by atoms with Gasteiger partial charge < -0.3 is 14.6 Å². The van der Waals surface area contributed by atoms with Crippen LogP contribution in [0.4, 0.5) is 5.69 Å². The molecule has 0 unspecified atom stereocenters. The standard InChI is InChI=1S/C19H24N4O2/c1-14-20-18-6-7-22(13-17(18)19(24)21-14)12-15-2-4-16(5-3-15)23-8-10-25-11-9-23/h2-5H,6-13H2,1H3,(H,20,21,24). The van der Waals surface area contributed by atoms with E-state index < -0.39 is 0 Å². The number of nitrogens with zero attached hydrogens (tertiary/aromatic N) is 3. The molecule has 3 heterocycles. The maximum absolute atomic E-state index is 12.2. The Morgan fingerprint density at radius 3 is 2.68 bits per heavy atom. The third-order valence-electron chi connectivity index (χ3n) is 4.98. The molecule has 6 heteroatoms. The van der Waals surface area contributed by atoms with Crippen molar-refractivity contribution in [2.75, 3.05) is 37.7 Å². The molecule has 0 bridgehead atoms. The van der Waals surface area contributed by atoms with Crippen LogP contribution in [0.2, 0.25) is 0 Å². The summed E-state index contributed by atoms with van der Waals surface area (Å²) in [5.41, 5.74) is 4.32. The summed E-state index contributed by atoms with van der Waals surface area (Å²) >= 11 is 0. The third kappa shape index (κ3) is 3.60. The molecule has 4 rings (SSSR count). The fourth-order valence-corrected chi connectivity index (χ4v) is 3.63. The number of rotatable bonds is 3. The van der Waals surface area contributed by atoms with Gasteiger partial charge in [0, 0.05) is 44.8 Å². The van der Waals surface area contributed by atoms with Crippen LogP contribution in [0.1, 0.15) is 22.6 Å². The molecule has 2 aromatic rings. The van der Waals surface area contributed by atoms with E-state index in [9.17, 15) is 4.79 Å². The molecule has 0 saturated carbocycles. The summed E-state index contributed by atoms with van der Waals surface area (Å²) in [6.45, 7) is 7.82. The summed E-state index contributed by atoms with van der Waals surface area (Å²) in [4.78, 5) is 24.1. The van der Waals surface area contributed by atoms with Crippen molar-refractivity contribution in [2.24, 2.45) is 0 Å². The molecule has 1 fully saturated rings. The SMILES string of the molecule is Cc1nc2c(c(=O)[nH]1)CN(Cc1ccc(N3CCOCC3)cc1)CC2. The molecule has 1 N–H and O–H groups in total. The quantitative estimate of drug-likeness (QED) is 0.917. The van der Waals surface area contributed by atoms with Crippen molar-refractivity contribution in [1.82, 2.24) is 14.9 Å². The smallest absolute Gasteiger partial charge is 0.255 e. The normalized spacial score (nSPS) is 18.2. The van der Waals surface area contributed by atoms with Crippen LogP contribution in [0.3, 0.4) is 0 Å². The number of H-pyrrole nitrogens is 1. The van der Waals surface area contributed by atoms with E-state index in [-0.39, 0.29) is 5.56 Å². The number of anilines is 1. The van der Waals surface area contributed by atoms with Gasteiger partial charge in [-0.15, -0.1) is 0 Å². The molecular weight excluding hydrogens is 316 g/mol. The van der Waals surface area contributed by atoms with E-state index in [1.54, 1.807) is 0 Å². The van der Waals surface area contributed by atoms with Crippen LogP contribution in [0.15, 0.2) is 29.1 Å². The first kappa shape index (κ1) is 16.3. The molecule has 6 nitrogen and oxygen atoms in total. The van der Waals surface area contributed by atoms with Crippen molar-refractivity contribution in [1.29, 1.82) is 0 Å². The number of aromatic amines is 1. The average molecular weight is 340 g/mol. The van der Waals surface area contributed by atoms with Gasteiger partial charge in [0.2, 0.25) is 0 Å². The first-order valence-electron chi connectivity index (χ1n) is 8.92. The maximum Gasteiger partial charge on any atom is 0.255 e. The van der Waals surface area contributed by atoms with Crippen molar-refractivity contribution in [3.63, 3.8) is 0 Å². The van der Waals surface area contributed by atoms with Crippen molar-refractivity contribution >= 4 is 5.69 Å². The minimum Gasteiger partial charge on any atom is -0.378 e. The van der Waals surface area contributed by atoms with E-state index >= 15 is 0 Å². The summed E-state index contributed by atoms with van der Waals surface area (Å²) in [5, 5.41) is 0. The molecule has 132 valence electrons. The summed E-state index contributed by atoms with van der Waals surface area (Å²) in [6, 6.07) is 8.77. The van der Waals surface area contributed by atoms with Crippen molar-refractivity contribution in [3.05, 3.63) is 57.3 Å². The van der Waals surface area contributed by atoms with E-state index in [1.165, 1.54) is 11.3 Å². The van der Waals surface area contributed by atoms with Gasteiger partial charge in [0.05, 0.1) is 24.5 Å². The van der Waals surface area contributed by atoms with Crippen LogP contribution < -0.4 is 10.5 Å². The highest BCUT2D eigenvalue weighted by Crippen LogP contribution is 2.20. The molecule has 25 heavy (non-hydrogen) atoms.